The van der Waals surface area contributed by atoms with Gasteiger partial charge >= 0.3 is 0 Å². The van der Waals surface area contributed by atoms with Crippen LogP contribution in [0.1, 0.15) is 51.9 Å². The van der Waals surface area contributed by atoms with Crippen LogP contribution in [0.25, 0.3) is 16.9 Å². The van der Waals surface area contributed by atoms with Crippen molar-refractivity contribution < 1.29 is 13.5 Å². The highest BCUT2D eigenvalue weighted by molar-refractivity contribution is 6.33. The van der Waals surface area contributed by atoms with E-state index in [2.05, 4.69) is 32.6 Å². The van der Waals surface area contributed by atoms with E-state index >= 15 is 8.78 Å². The molecule has 10 heteroatoms. The van der Waals surface area contributed by atoms with Crippen molar-refractivity contribution in [2.45, 2.75) is 70.1 Å². The molecular weight excluding hydrogens is 474 g/mol. The molecule has 6 rings (SSSR count). The summed E-state index contributed by atoms with van der Waals surface area (Å²) < 4.78 is 38.3. The molecule has 0 amide bonds. The van der Waals surface area contributed by atoms with Crippen LogP contribution in [0, 0.1) is 23.0 Å². The lowest BCUT2D eigenvalue weighted by Gasteiger charge is -2.57. The molecule has 1 spiro atoms. The van der Waals surface area contributed by atoms with Crippen LogP contribution in [0.3, 0.4) is 0 Å². The van der Waals surface area contributed by atoms with Crippen molar-refractivity contribution in [2.75, 3.05) is 12.4 Å². The van der Waals surface area contributed by atoms with Crippen LogP contribution in [-0.2, 0) is 0 Å². The van der Waals surface area contributed by atoms with Crippen LogP contribution < -0.4 is 15.4 Å². The van der Waals surface area contributed by atoms with E-state index < -0.39 is 11.6 Å². The quantitative estimate of drug-likeness (QED) is 0.431. The van der Waals surface area contributed by atoms with Crippen molar-refractivity contribution in [2.24, 2.45) is 11.3 Å². The normalized spacial score (nSPS) is 26.8. The van der Waals surface area contributed by atoms with Gasteiger partial charge < -0.3 is 15.4 Å². The highest BCUT2D eigenvalue weighted by Gasteiger charge is 2.53. The Kier molecular flexibility index (Phi) is 5.60. The topological polar surface area (TPSA) is 76.4 Å². The van der Waals surface area contributed by atoms with E-state index in [9.17, 15) is 0 Å². The summed E-state index contributed by atoms with van der Waals surface area (Å²) in [6, 6.07) is 3.12. The van der Waals surface area contributed by atoms with Gasteiger partial charge in [0, 0.05) is 24.2 Å². The van der Waals surface area contributed by atoms with Crippen LogP contribution in [-0.4, -0.2) is 44.8 Å². The summed E-state index contributed by atoms with van der Waals surface area (Å²) in [4.78, 5) is 8.33. The van der Waals surface area contributed by atoms with Gasteiger partial charge in [0.1, 0.15) is 34.7 Å². The van der Waals surface area contributed by atoms with E-state index in [1.54, 1.807) is 0 Å². The Morgan fingerprint density at radius 3 is 2.49 bits per heavy atom. The number of ether oxygens (including phenoxy) is 1. The Hall–Kier alpha value is -2.52. The number of aromatic nitrogens is 4. The van der Waals surface area contributed by atoms with Crippen LogP contribution in [0.2, 0.25) is 5.15 Å². The van der Waals surface area contributed by atoms with Crippen molar-refractivity contribution in [1.29, 1.82) is 0 Å². The Morgan fingerprint density at radius 1 is 1.14 bits per heavy atom. The molecule has 0 radical (unpaired) electrons. The molecule has 7 nitrogen and oxygen atoms in total. The first-order valence-corrected chi connectivity index (χ1v) is 12.7. The molecule has 3 saturated carbocycles. The van der Waals surface area contributed by atoms with Gasteiger partial charge in [-0.15, -0.1) is 0 Å². The molecule has 3 aliphatic carbocycles. The molecular formula is C25H29ClF2N6O. The average molecular weight is 503 g/mol. The molecule has 0 bridgehead atoms. The van der Waals surface area contributed by atoms with Gasteiger partial charge in [0.05, 0.1) is 17.2 Å². The van der Waals surface area contributed by atoms with Crippen molar-refractivity contribution in [3.63, 3.8) is 0 Å². The van der Waals surface area contributed by atoms with E-state index in [4.69, 9.17) is 16.3 Å². The van der Waals surface area contributed by atoms with Gasteiger partial charge in [-0.2, -0.15) is 19.6 Å². The SMILES string of the molecule is CNC1CC2(C1)CC(Oc1cc(F)c(-c3c(Cl)nc4ncnn4c3N[C@H](C)C3CCC3)c(F)c1)C2. The number of nitrogens with one attached hydrogen (secondary N) is 2. The Morgan fingerprint density at radius 2 is 1.86 bits per heavy atom. The minimum absolute atomic E-state index is 0.0187. The minimum atomic E-state index is -0.754. The molecule has 2 N–H and O–H groups in total. The van der Waals surface area contributed by atoms with E-state index in [1.165, 1.54) is 29.4 Å². The molecule has 2 heterocycles. The van der Waals surface area contributed by atoms with Gasteiger partial charge in [-0.3, -0.25) is 0 Å². The second-order valence-electron chi connectivity index (χ2n) is 10.5. The zero-order valence-corrected chi connectivity index (χ0v) is 20.6. The highest BCUT2D eigenvalue weighted by atomic mass is 35.5. The third-order valence-corrected chi connectivity index (χ3v) is 8.53. The molecule has 0 aliphatic heterocycles. The summed E-state index contributed by atoms with van der Waals surface area (Å²) in [5, 5.41) is 10.9. The molecule has 2 aromatic heterocycles. The van der Waals surface area contributed by atoms with E-state index in [0.29, 0.717) is 23.2 Å². The van der Waals surface area contributed by atoms with Gasteiger partial charge in [-0.1, -0.05) is 18.0 Å². The summed E-state index contributed by atoms with van der Waals surface area (Å²) in [6.45, 7) is 2.06. The van der Waals surface area contributed by atoms with Gasteiger partial charge in [0.25, 0.3) is 5.78 Å². The second-order valence-corrected chi connectivity index (χ2v) is 10.9. The number of hydrogen-bond donors (Lipinski definition) is 2. The van der Waals surface area contributed by atoms with Crippen molar-refractivity contribution in [1.82, 2.24) is 24.9 Å². The van der Waals surface area contributed by atoms with Crippen molar-refractivity contribution in [3.8, 4) is 16.9 Å². The van der Waals surface area contributed by atoms with Crippen LogP contribution in [0.4, 0.5) is 14.6 Å². The molecule has 35 heavy (non-hydrogen) atoms. The second kappa shape index (κ2) is 8.55. The van der Waals surface area contributed by atoms with Crippen LogP contribution in [0.5, 0.6) is 5.75 Å². The Balaban J connectivity index is 1.29. The van der Waals surface area contributed by atoms with Gasteiger partial charge in [0.15, 0.2) is 0 Å². The molecule has 1 aromatic carbocycles. The number of halogens is 3. The fourth-order valence-electron chi connectivity index (χ4n) is 6.01. The van der Waals surface area contributed by atoms with Gasteiger partial charge in [0.2, 0.25) is 0 Å². The molecule has 0 unspecified atom stereocenters. The summed E-state index contributed by atoms with van der Waals surface area (Å²) in [5.41, 5.74) is 0.212. The summed E-state index contributed by atoms with van der Waals surface area (Å²) in [7, 11) is 1.98. The number of anilines is 1. The lowest BCUT2D eigenvalue weighted by atomic mass is 9.53. The van der Waals surface area contributed by atoms with Crippen LogP contribution >= 0.6 is 11.6 Å². The minimum Gasteiger partial charge on any atom is -0.490 e. The standard InChI is InChI=1S/C25H29ClF2N6O/c1-13(14-4-3-5-14)32-23-21(22(26)33-24-30-12-31-34(23)24)20-18(27)6-16(7-19(20)28)35-17-10-25(11-17)8-15(9-25)29-2/h6-7,12-15,17,29,32H,3-5,8-11H2,1-2H3/t13-,15?,17?,25?/m1/s1. The first kappa shape index (κ1) is 22.9. The number of hydrogen-bond acceptors (Lipinski definition) is 6. The number of benzene rings is 1. The Bertz CT molecular complexity index is 1240. The molecule has 186 valence electrons. The number of nitrogens with zero attached hydrogens (tertiary/aromatic N) is 4. The highest BCUT2D eigenvalue weighted by Crippen LogP contribution is 2.56. The van der Waals surface area contributed by atoms with E-state index in [0.717, 1.165) is 38.5 Å². The maximum atomic E-state index is 15.5. The largest absolute Gasteiger partial charge is 0.490 e. The summed E-state index contributed by atoms with van der Waals surface area (Å²) >= 11 is 6.49. The van der Waals surface area contributed by atoms with E-state index in [-0.39, 0.29) is 40.0 Å². The smallest absolute Gasteiger partial charge is 0.255 e. The third kappa shape index (κ3) is 3.93. The molecule has 3 fully saturated rings. The fraction of sp³-hybridized carbons (Fsp3) is 0.560. The predicted molar refractivity (Wildman–Crippen MR) is 130 cm³/mol. The number of fused-ring (bicyclic) bond motifs is 1. The summed E-state index contributed by atoms with van der Waals surface area (Å²) in [6.07, 6.45) is 8.83. The van der Waals surface area contributed by atoms with Gasteiger partial charge in [-0.25, -0.2) is 8.78 Å². The Labute approximate surface area is 207 Å². The van der Waals surface area contributed by atoms with Crippen molar-refractivity contribution in [3.05, 3.63) is 35.2 Å². The van der Waals surface area contributed by atoms with Gasteiger partial charge in [-0.05, 0) is 63.8 Å². The number of rotatable bonds is 7. The average Bonchev–Trinajstić information content (AvgIpc) is 3.17. The lowest BCUT2D eigenvalue weighted by Crippen LogP contribution is -2.57. The molecule has 1 atom stereocenters. The predicted octanol–water partition coefficient (Wildman–Crippen LogP) is 5.23. The monoisotopic (exact) mass is 502 g/mol. The molecule has 0 saturated heterocycles. The zero-order chi connectivity index (χ0) is 24.3. The third-order valence-electron chi connectivity index (χ3n) is 8.26. The lowest BCUT2D eigenvalue weighted by molar-refractivity contribution is -0.0841. The first-order chi connectivity index (χ1) is 16.9. The van der Waals surface area contributed by atoms with Crippen molar-refractivity contribution >= 4 is 23.2 Å². The first-order valence-electron chi connectivity index (χ1n) is 12.3. The van der Waals surface area contributed by atoms with E-state index in [1.807, 2.05) is 7.05 Å². The van der Waals surface area contributed by atoms with Crippen LogP contribution in [0.15, 0.2) is 18.5 Å². The maximum absolute atomic E-state index is 15.5. The fourth-order valence-corrected chi connectivity index (χ4v) is 6.27. The zero-order valence-electron chi connectivity index (χ0n) is 19.8. The summed E-state index contributed by atoms with van der Waals surface area (Å²) in [5.74, 6) is -0.197. The molecule has 3 aliphatic rings. The molecule has 3 aromatic rings. The maximum Gasteiger partial charge on any atom is 0.255 e.